The molecule has 1 aromatic carbocycles. The fraction of sp³-hybridized carbons (Fsp3) is 0.381. The second-order valence-electron chi connectivity index (χ2n) is 7.77. The Morgan fingerprint density at radius 3 is 2.54 bits per heavy atom. The van der Waals surface area contributed by atoms with Crippen molar-refractivity contribution in [2.45, 2.75) is 51.2 Å². The minimum absolute atomic E-state index is 0.0123. The van der Waals surface area contributed by atoms with E-state index in [1.165, 1.54) is 0 Å². The van der Waals surface area contributed by atoms with Crippen molar-refractivity contribution in [1.82, 2.24) is 15.2 Å². The van der Waals surface area contributed by atoms with Gasteiger partial charge in [0.1, 0.15) is 5.54 Å². The minimum atomic E-state index is -1.03. The average Bonchev–Trinajstić information content (AvgIpc) is 2.93. The Morgan fingerprint density at radius 2 is 1.92 bits per heavy atom. The van der Waals surface area contributed by atoms with Crippen LogP contribution < -0.4 is 5.32 Å². The zero-order valence-corrected chi connectivity index (χ0v) is 15.5. The fourth-order valence-corrected chi connectivity index (χ4v) is 3.48. The summed E-state index contributed by atoms with van der Waals surface area (Å²) < 4.78 is 0. The molecule has 2 amide bonds. The van der Waals surface area contributed by atoms with Gasteiger partial charge in [-0.15, -0.1) is 0 Å². The summed E-state index contributed by atoms with van der Waals surface area (Å²) in [6.07, 6.45) is 4.17. The quantitative estimate of drug-likeness (QED) is 0.921. The van der Waals surface area contributed by atoms with Crippen molar-refractivity contribution < 1.29 is 9.59 Å². The van der Waals surface area contributed by atoms with E-state index in [4.69, 9.17) is 0 Å². The van der Waals surface area contributed by atoms with E-state index >= 15 is 0 Å². The van der Waals surface area contributed by atoms with E-state index < -0.39 is 11.1 Å². The Morgan fingerprint density at radius 1 is 1.19 bits per heavy atom. The molecule has 1 atom stereocenters. The van der Waals surface area contributed by atoms with Crippen LogP contribution in [0.15, 0.2) is 54.9 Å². The molecule has 5 heteroatoms. The summed E-state index contributed by atoms with van der Waals surface area (Å²) in [5.74, 6) is -0.165. The molecule has 1 aliphatic heterocycles. The van der Waals surface area contributed by atoms with E-state index in [1.807, 2.05) is 63.2 Å². The fourth-order valence-electron chi connectivity index (χ4n) is 3.48. The first-order valence-corrected chi connectivity index (χ1v) is 8.90. The molecular weight excluding hydrogens is 326 g/mol. The van der Waals surface area contributed by atoms with Crippen LogP contribution in [0.4, 0.5) is 0 Å². The number of likely N-dealkylation sites (tertiary alicyclic amines) is 1. The molecule has 5 nitrogen and oxygen atoms in total. The van der Waals surface area contributed by atoms with Gasteiger partial charge >= 0.3 is 0 Å². The first-order chi connectivity index (χ1) is 12.3. The van der Waals surface area contributed by atoms with Crippen LogP contribution in [0.1, 0.15) is 44.7 Å². The monoisotopic (exact) mass is 351 g/mol. The Kier molecular flexibility index (Phi) is 4.81. The molecule has 1 saturated heterocycles. The van der Waals surface area contributed by atoms with E-state index in [0.29, 0.717) is 19.4 Å². The van der Waals surface area contributed by atoms with E-state index in [9.17, 15) is 9.59 Å². The maximum Gasteiger partial charge on any atom is 0.251 e. The van der Waals surface area contributed by atoms with Gasteiger partial charge in [-0.3, -0.25) is 14.6 Å². The lowest BCUT2D eigenvalue weighted by Crippen LogP contribution is -2.57. The number of hydrogen-bond acceptors (Lipinski definition) is 3. The molecular formula is C21H25N3O2. The largest absolute Gasteiger partial charge is 0.349 e. The average molecular weight is 351 g/mol. The lowest BCUT2D eigenvalue weighted by Gasteiger charge is -2.39. The highest BCUT2D eigenvalue weighted by molar-refractivity contribution is 5.96. The molecule has 1 unspecified atom stereocenters. The number of carbonyl (C=O) groups is 2. The van der Waals surface area contributed by atoms with E-state index in [0.717, 1.165) is 11.1 Å². The number of nitrogens with one attached hydrogen (secondary N) is 1. The number of rotatable bonds is 4. The molecule has 0 saturated carbocycles. The molecule has 3 rings (SSSR count). The van der Waals surface area contributed by atoms with Crippen molar-refractivity contribution in [3.05, 3.63) is 66.0 Å². The summed E-state index contributed by atoms with van der Waals surface area (Å²) in [5, 5.41) is 3.08. The number of aromatic nitrogens is 1. The number of carbonyl (C=O) groups excluding carboxylic acids is 2. The predicted octanol–water partition coefficient (Wildman–Crippen LogP) is 3.01. The van der Waals surface area contributed by atoms with Crippen molar-refractivity contribution in [2.24, 2.45) is 0 Å². The van der Waals surface area contributed by atoms with Gasteiger partial charge in [0.2, 0.25) is 5.91 Å². The van der Waals surface area contributed by atoms with E-state index in [-0.39, 0.29) is 11.8 Å². The van der Waals surface area contributed by atoms with Gasteiger partial charge in [0.15, 0.2) is 0 Å². The zero-order valence-electron chi connectivity index (χ0n) is 15.5. The standard InChI is InChI=1S/C21H25N3O2/c1-20(2,3)23-19(26)21(17-10-7-13-22-14-17)12-11-18(25)24(21)15-16-8-5-4-6-9-16/h4-10,13-14H,11-12,15H2,1-3H3,(H,23,26). The van der Waals surface area contributed by atoms with Gasteiger partial charge in [0, 0.05) is 36.5 Å². The molecule has 2 aromatic rings. The van der Waals surface area contributed by atoms with Crippen molar-refractivity contribution in [3.63, 3.8) is 0 Å². The summed E-state index contributed by atoms with van der Waals surface area (Å²) in [7, 11) is 0. The number of benzene rings is 1. The molecule has 2 heterocycles. The van der Waals surface area contributed by atoms with Crippen molar-refractivity contribution in [3.8, 4) is 0 Å². The van der Waals surface area contributed by atoms with Crippen molar-refractivity contribution in [2.75, 3.05) is 0 Å². The Bertz CT molecular complexity index is 784. The summed E-state index contributed by atoms with van der Waals surface area (Å²) in [4.78, 5) is 32.1. The molecule has 0 bridgehead atoms. The maximum atomic E-state index is 13.4. The maximum absolute atomic E-state index is 13.4. The normalized spacial score (nSPS) is 20.3. The topological polar surface area (TPSA) is 62.3 Å². The van der Waals surface area contributed by atoms with Gasteiger partial charge < -0.3 is 10.2 Å². The number of hydrogen-bond donors (Lipinski definition) is 1. The molecule has 1 aromatic heterocycles. The Labute approximate surface area is 154 Å². The van der Waals surface area contributed by atoms with Crippen LogP contribution in [0.5, 0.6) is 0 Å². The minimum Gasteiger partial charge on any atom is -0.349 e. The lowest BCUT2D eigenvalue weighted by molar-refractivity contribution is -0.143. The zero-order chi connectivity index (χ0) is 18.8. The lowest BCUT2D eigenvalue weighted by atomic mass is 9.86. The van der Waals surface area contributed by atoms with Gasteiger partial charge in [-0.05, 0) is 38.8 Å². The van der Waals surface area contributed by atoms with Crippen LogP contribution in [0.25, 0.3) is 0 Å². The Hall–Kier alpha value is -2.69. The first-order valence-electron chi connectivity index (χ1n) is 8.90. The van der Waals surface area contributed by atoms with Crippen molar-refractivity contribution in [1.29, 1.82) is 0 Å². The molecule has 1 fully saturated rings. The predicted molar refractivity (Wildman–Crippen MR) is 100 cm³/mol. The molecule has 1 aliphatic rings. The summed E-state index contributed by atoms with van der Waals surface area (Å²) in [6, 6.07) is 13.5. The SMILES string of the molecule is CC(C)(C)NC(=O)C1(c2cccnc2)CCC(=O)N1Cc1ccccc1. The second kappa shape index (κ2) is 6.90. The third-order valence-electron chi connectivity index (χ3n) is 4.65. The molecule has 26 heavy (non-hydrogen) atoms. The van der Waals surface area contributed by atoms with Crippen LogP contribution in [0.2, 0.25) is 0 Å². The van der Waals surface area contributed by atoms with E-state index in [2.05, 4.69) is 10.3 Å². The second-order valence-corrected chi connectivity index (χ2v) is 7.77. The Balaban J connectivity index is 2.06. The van der Waals surface area contributed by atoms with Crippen LogP contribution in [0.3, 0.4) is 0 Å². The molecule has 1 N–H and O–H groups in total. The van der Waals surface area contributed by atoms with Crippen LogP contribution in [-0.2, 0) is 21.7 Å². The van der Waals surface area contributed by atoms with E-state index in [1.54, 1.807) is 17.3 Å². The van der Waals surface area contributed by atoms with Gasteiger partial charge in [0.05, 0.1) is 0 Å². The third kappa shape index (κ3) is 3.47. The van der Waals surface area contributed by atoms with Crippen LogP contribution in [-0.4, -0.2) is 27.2 Å². The molecule has 0 radical (unpaired) electrons. The number of nitrogens with zero attached hydrogens (tertiary/aromatic N) is 2. The van der Waals surface area contributed by atoms with Crippen molar-refractivity contribution >= 4 is 11.8 Å². The van der Waals surface area contributed by atoms with Gasteiger partial charge in [-0.25, -0.2) is 0 Å². The highest BCUT2D eigenvalue weighted by Crippen LogP contribution is 2.41. The molecule has 0 aliphatic carbocycles. The smallest absolute Gasteiger partial charge is 0.251 e. The van der Waals surface area contributed by atoms with Gasteiger partial charge in [-0.2, -0.15) is 0 Å². The summed E-state index contributed by atoms with van der Waals surface area (Å²) >= 11 is 0. The van der Waals surface area contributed by atoms with Gasteiger partial charge in [0.25, 0.3) is 5.91 Å². The first kappa shape index (κ1) is 18.1. The van der Waals surface area contributed by atoms with Crippen LogP contribution >= 0.6 is 0 Å². The highest BCUT2D eigenvalue weighted by atomic mass is 16.2. The molecule has 0 spiro atoms. The summed E-state index contributed by atoms with van der Waals surface area (Å²) in [6.45, 7) is 6.23. The highest BCUT2D eigenvalue weighted by Gasteiger charge is 2.53. The summed E-state index contributed by atoms with van der Waals surface area (Å²) in [5.41, 5.74) is 0.327. The number of amides is 2. The number of pyridine rings is 1. The van der Waals surface area contributed by atoms with Crippen LogP contribution in [0, 0.1) is 0 Å². The third-order valence-corrected chi connectivity index (χ3v) is 4.65. The molecule has 136 valence electrons. The van der Waals surface area contributed by atoms with Gasteiger partial charge in [-0.1, -0.05) is 36.4 Å².